The molecule has 0 saturated carbocycles. The van der Waals surface area contributed by atoms with E-state index in [1.54, 1.807) is 6.07 Å². The maximum atomic E-state index is 9.97. The maximum absolute atomic E-state index is 9.97. The summed E-state index contributed by atoms with van der Waals surface area (Å²) in [7, 11) is -1.06. The van der Waals surface area contributed by atoms with Gasteiger partial charge in [0.1, 0.15) is 19.8 Å². The molecule has 0 aliphatic carbocycles. The molecule has 0 bridgehead atoms. The number of aromatic hydroxyl groups is 1. The highest BCUT2D eigenvalue weighted by atomic mass is 35.7. The minimum Gasteiger partial charge on any atom is -0.507 e. The van der Waals surface area contributed by atoms with Gasteiger partial charge >= 0.3 is 4.87 Å². The summed E-state index contributed by atoms with van der Waals surface area (Å²) < 4.78 is 42.7. The Labute approximate surface area is 131 Å². The SMILES string of the molecule is C[N+](C)=c1oc2c(cc(O)c3ccccc32)s1.[O-][Cl+3]([O-])([O-])[O-]. The second-order valence-electron chi connectivity index (χ2n) is 4.51. The van der Waals surface area contributed by atoms with Crippen LogP contribution in [0.2, 0.25) is 0 Å². The highest BCUT2D eigenvalue weighted by Crippen LogP contribution is 2.33. The van der Waals surface area contributed by atoms with Crippen LogP contribution in [0.25, 0.3) is 21.1 Å². The Bertz CT molecular complexity index is 869. The summed E-state index contributed by atoms with van der Waals surface area (Å²) in [5.41, 5.74) is 0.840. The molecule has 1 heterocycles. The first-order valence-electron chi connectivity index (χ1n) is 5.93. The first kappa shape index (κ1) is 16.7. The van der Waals surface area contributed by atoms with Crippen molar-refractivity contribution in [3.8, 4) is 5.75 Å². The quantitative estimate of drug-likeness (QED) is 0.453. The summed E-state index contributed by atoms with van der Waals surface area (Å²) in [6.45, 7) is 0. The molecule has 3 aromatic rings. The third kappa shape index (κ3) is 3.95. The van der Waals surface area contributed by atoms with Crippen molar-refractivity contribution in [3.05, 3.63) is 35.2 Å². The molecule has 0 radical (unpaired) electrons. The lowest BCUT2D eigenvalue weighted by Crippen LogP contribution is -2.68. The summed E-state index contributed by atoms with van der Waals surface area (Å²) in [6, 6.07) is 9.48. The zero-order chi connectivity index (χ0) is 16.5. The fourth-order valence-electron chi connectivity index (χ4n) is 1.87. The predicted octanol–water partition coefficient (Wildman–Crippen LogP) is -2.37. The van der Waals surface area contributed by atoms with E-state index in [-0.39, 0.29) is 0 Å². The Morgan fingerprint density at radius 2 is 1.64 bits per heavy atom. The Balaban J connectivity index is 0.000000309. The third-order valence-electron chi connectivity index (χ3n) is 2.69. The second kappa shape index (κ2) is 6.21. The fourth-order valence-corrected chi connectivity index (χ4v) is 2.78. The highest BCUT2D eigenvalue weighted by Gasteiger charge is 2.12. The molecule has 0 spiro atoms. The van der Waals surface area contributed by atoms with Crippen molar-refractivity contribution >= 4 is 32.4 Å². The van der Waals surface area contributed by atoms with Gasteiger partial charge in [0, 0.05) is 16.8 Å². The first-order valence-corrected chi connectivity index (χ1v) is 7.98. The number of halogens is 1. The van der Waals surface area contributed by atoms with Gasteiger partial charge in [0.2, 0.25) is 0 Å². The minimum absolute atomic E-state index is 0.301. The average molecular weight is 346 g/mol. The zero-order valence-corrected chi connectivity index (χ0v) is 13.2. The molecule has 3 rings (SSSR count). The van der Waals surface area contributed by atoms with E-state index in [4.69, 9.17) is 23.1 Å². The van der Waals surface area contributed by atoms with Crippen LogP contribution in [0.4, 0.5) is 0 Å². The summed E-state index contributed by atoms with van der Waals surface area (Å²) in [6.07, 6.45) is 0. The molecule has 0 fully saturated rings. The molecule has 9 heteroatoms. The lowest BCUT2D eigenvalue weighted by Gasteiger charge is -2.17. The van der Waals surface area contributed by atoms with Crippen molar-refractivity contribution in [2.45, 2.75) is 0 Å². The van der Waals surface area contributed by atoms with Gasteiger partial charge < -0.3 is 9.52 Å². The molecule has 0 amide bonds. The topological polar surface area (TPSA) is 129 Å². The molecule has 0 aliphatic heterocycles. The van der Waals surface area contributed by atoms with Gasteiger partial charge in [0.05, 0.1) is 4.70 Å². The van der Waals surface area contributed by atoms with Crippen LogP contribution in [0.5, 0.6) is 5.75 Å². The lowest BCUT2D eigenvalue weighted by molar-refractivity contribution is -2.00. The lowest BCUT2D eigenvalue weighted by atomic mass is 10.1. The normalized spacial score (nSPS) is 11.4. The first-order chi connectivity index (χ1) is 10.2. The van der Waals surface area contributed by atoms with E-state index < -0.39 is 10.2 Å². The fraction of sp³-hybridized carbons (Fsp3) is 0.154. The molecule has 0 atom stereocenters. The predicted molar refractivity (Wildman–Crippen MR) is 70.4 cm³/mol. The van der Waals surface area contributed by atoms with Crippen LogP contribution in [-0.2, 0) is 0 Å². The molecule has 0 aliphatic rings. The maximum Gasteiger partial charge on any atom is 0.430 e. The van der Waals surface area contributed by atoms with Crippen LogP contribution in [0.1, 0.15) is 0 Å². The molecule has 0 saturated heterocycles. The van der Waals surface area contributed by atoms with Crippen molar-refractivity contribution in [1.29, 1.82) is 0 Å². The molecule has 1 N–H and O–H groups in total. The highest BCUT2D eigenvalue weighted by molar-refractivity contribution is 7.16. The molecule has 1 aromatic heterocycles. The number of fused-ring (bicyclic) bond motifs is 3. The smallest absolute Gasteiger partial charge is 0.430 e. The summed E-state index contributed by atoms with van der Waals surface area (Å²) in [5, 5.41) is 11.7. The minimum atomic E-state index is -4.94. The van der Waals surface area contributed by atoms with Gasteiger partial charge in [-0.3, -0.25) is 0 Å². The van der Waals surface area contributed by atoms with E-state index in [0.29, 0.717) is 5.75 Å². The number of hydrogen-bond donors (Lipinski definition) is 1. The molecule has 2 aromatic carbocycles. The van der Waals surface area contributed by atoms with Crippen molar-refractivity contribution < 1.29 is 38.4 Å². The van der Waals surface area contributed by atoms with E-state index >= 15 is 0 Å². The number of phenols is 1. The van der Waals surface area contributed by atoms with Gasteiger partial charge in [0.25, 0.3) is 0 Å². The van der Waals surface area contributed by atoms with Gasteiger partial charge in [-0.25, -0.2) is 18.6 Å². The van der Waals surface area contributed by atoms with Crippen molar-refractivity contribution in [3.63, 3.8) is 0 Å². The molecular weight excluding hydrogens is 334 g/mol. The average Bonchev–Trinajstić information content (AvgIpc) is 2.81. The van der Waals surface area contributed by atoms with Crippen LogP contribution in [0.3, 0.4) is 0 Å². The van der Waals surface area contributed by atoms with E-state index in [9.17, 15) is 5.11 Å². The van der Waals surface area contributed by atoms with Crippen LogP contribution in [0, 0.1) is 10.2 Å². The van der Waals surface area contributed by atoms with E-state index in [2.05, 4.69) is 0 Å². The largest absolute Gasteiger partial charge is 0.507 e. The standard InChI is InChI=1S/C13H11NO2S.ClHO4/c1-14(2)13-16-12-9-6-4-3-5-8(9)10(15)7-11(12)17-13;2-1(3,4)5/h3-7H,1-2H3;(H,2,3,4,5). The number of benzene rings is 2. The Morgan fingerprint density at radius 3 is 2.18 bits per heavy atom. The van der Waals surface area contributed by atoms with Crippen LogP contribution >= 0.6 is 11.3 Å². The molecule has 118 valence electrons. The van der Waals surface area contributed by atoms with Gasteiger partial charge in [-0.1, -0.05) is 24.3 Å². The Morgan fingerprint density at radius 1 is 1.09 bits per heavy atom. The molecule has 22 heavy (non-hydrogen) atoms. The van der Waals surface area contributed by atoms with Crippen molar-refractivity contribution in [1.82, 2.24) is 4.58 Å². The van der Waals surface area contributed by atoms with E-state index in [0.717, 1.165) is 25.9 Å². The van der Waals surface area contributed by atoms with Crippen LogP contribution in [-0.4, -0.2) is 19.2 Å². The zero-order valence-electron chi connectivity index (χ0n) is 11.6. The monoisotopic (exact) mass is 345 g/mol. The van der Waals surface area contributed by atoms with E-state index in [1.807, 2.05) is 42.9 Å². The third-order valence-corrected chi connectivity index (χ3v) is 3.84. The number of nitrogens with zero attached hydrogens (tertiary/aromatic N) is 1. The number of rotatable bonds is 0. The molecule has 0 unspecified atom stereocenters. The van der Waals surface area contributed by atoms with Crippen molar-refractivity contribution in [2.24, 2.45) is 0 Å². The molecular formula is C13H12ClNO6S. The molecule has 7 nitrogen and oxygen atoms in total. The Hall–Kier alpha value is -1.68. The summed E-state index contributed by atoms with van der Waals surface area (Å²) >= 11 is 1.53. The van der Waals surface area contributed by atoms with Crippen LogP contribution in [0.15, 0.2) is 34.7 Å². The summed E-state index contributed by atoms with van der Waals surface area (Å²) in [5.74, 6) is 0.301. The second-order valence-corrected chi connectivity index (χ2v) is 6.26. The van der Waals surface area contributed by atoms with Crippen molar-refractivity contribution in [2.75, 3.05) is 14.1 Å². The van der Waals surface area contributed by atoms with E-state index in [1.165, 1.54) is 11.3 Å². The van der Waals surface area contributed by atoms with Gasteiger partial charge in [-0.2, -0.15) is 4.58 Å². The number of phenolic OH excluding ortho intramolecular Hbond substituents is 1. The van der Waals surface area contributed by atoms with Gasteiger partial charge in [0.15, 0.2) is 5.58 Å². The van der Waals surface area contributed by atoms with Crippen LogP contribution < -0.4 is 28.1 Å². The Kier molecular flexibility index (Phi) is 4.71. The van der Waals surface area contributed by atoms with Gasteiger partial charge in [-0.05, 0) is 11.3 Å². The summed E-state index contributed by atoms with van der Waals surface area (Å²) in [4.78, 5) is 0.829. The number of hydrogen-bond acceptors (Lipinski definition) is 7. The van der Waals surface area contributed by atoms with Gasteiger partial charge in [-0.15, -0.1) is 10.2 Å².